The van der Waals surface area contributed by atoms with Gasteiger partial charge in [0.05, 0.1) is 11.3 Å². The Kier molecular flexibility index (Phi) is 4.16. The SMILES string of the molecule is Cc1ccc(NC(=O)CC2CCCN2)c(C(=O)O)c1. The first-order valence-corrected chi connectivity index (χ1v) is 6.43. The second-order valence-electron chi connectivity index (χ2n) is 4.90. The average molecular weight is 262 g/mol. The van der Waals surface area contributed by atoms with E-state index in [0.29, 0.717) is 12.1 Å². The molecule has 0 saturated carbocycles. The second-order valence-corrected chi connectivity index (χ2v) is 4.90. The summed E-state index contributed by atoms with van der Waals surface area (Å²) < 4.78 is 0. The molecule has 1 aliphatic heterocycles. The number of aryl methyl sites for hydroxylation is 1. The van der Waals surface area contributed by atoms with E-state index in [0.717, 1.165) is 24.9 Å². The van der Waals surface area contributed by atoms with Crippen LogP contribution >= 0.6 is 0 Å². The molecule has 0 bridgehead atoms. The Labute approximate surface area is 112 Å². The quantitative estimate of drug-likeness (QED) is 0.772. The number of nitrogens with one attached hydrogen (secondary N) is 2. The number of rotatable bonds is 4. The fourth-order valence-electron chi connectivity index (χ4n) is 2.30. The zero-order chi connectivity index (χ0) is 13.8. The van der Waals surface area contributed by atoms with Gasteiger partial charge in [-0.25, -0.2) is 4.79 Å². The first kappa shape index (κ1) is 13.5. The lowest BCUT2D eigenvalue weighted by Crippen LogP contribution is -2.27. The zero-order valence-electron chi connectivity index (χ0n) is 10.9. The van der Waals surface area contributed by atoms with E-state index in [4.69, 9.17) is 5.11 Å². The molecule has 0 radical (unpaired) electrons. The number of carbonyl (C=O) groups excluding carboxylic acids is 1. The molecule has 0 spiro atoms. The van der Waals surface area contributed by atoms with Crippen molar-refractivity contribution in [3.8, 4) is 0 Å². The van der Waals surface area contributed by atoms with Crippen LogP contribution in [-0.4, -0.2) is 29.6 Å². The summed E-state index contributed by atoms with van der Waals surface area (Å²) in [6, 6.07) is 5.19. The molecule has 5 nitrogen and oxygen atoms in total. The molecule has 1 saturated heterocycles. The van der Waals surface area contributed by atoms with E-state index >= 15 is 0 Å². The summed E-state index contributed by atoms with van der Waals surface area (Å²) in [7, 11) is 0. The molecule has 1 heterocycles. The maximum atomic E-state index is 11.9. The number of carbonyl (C=O) groups is 2. The molecule has 5 heteroatoms. The second kappa shape index (κ2) is 5.84. The fraction of sp³-hybridized carbons (Fsp3) is 0.429. The van der Waals surface area contributed by atoms with E-state index in [-0.39, 0.29) is 17.5 Å². The van der Waals surface area contributed by atoms with E-state index in [1.165, 1.54) is 0 Å². The highest BCUT2D eigenvalue weighted by Crippen LogP contribution is 2.18. The molecule has 1 unspecified atom stereocenters. The van der Waals surface area contributed by atoms with Gasteiger partial charge in [0.15, 0.2) is 0 Å². The number of hydrogen-bond acceptors (Lipinski definition) is 3. The summed E-state index contributed by atoms with van der Waals surface area (Å²) in [5.74, 6) is -1.18. The van der Waals surface area contributed by atoms with Crippen molar-refractivity contribution in [1.82, 2.24) is 5.32 Å². The summed E-state index contributed by atoms with van der Waals surface area (Å²) in [6.07, 6.45) is 2.46. The van der Waals surface area contributed by atoms with E-state index in [2.05, 4.69) is 10.6 Å². The number of hydrogen-bond donors (Lipinski definition) is 3. The molecule has 3 N–H and O–H groups in total. The molecule has 2 rings (SSSR count). The number of amides is 1. The Morgan fingerprint density at radius 1 is 1.47 bits per heavy atom. The van der Waals surface area contributed by atoms with E-state index in [1.54, 1.807) is 18.2 Å². The van der Waals surface area contributed by atoms with Crippen LogP contribution in [0.25, 0.3) is 0 Å². The lowest BCUT2D eigenvalue weighted by atomic mass is 10.1. The number of carboxylic acid groups (broad SMARTS) is 1. The van der Waals surface area contributed by atoms with Crippen molar-refractivity contribution in [1.29, 1.82) is 0 Å². The Balaban J connectivity index is 2.05. The van der Waals surface area contributed by atoms with E-state index in [9.17, 15) is 9.59 Å². The van der Waals surface area contributed by atoms with Gasteiger partial charge in [-0.05, 0) is 38.4 Å². The first-order chi connectivity index (χ1) is 9.06. The highest BCUT2D eigenvalue weighted by atomic mass is 16.4. The third kappa shape index (κ3) is 3.54. The largest absolute Gasteiger partial charge is 0.478 e. The van der Waals surface area contributed by atoms with Crippen LogP contribution in [0.15, 0.2) is 18.2 Å². The van der Waals surface area contributed by atoms with Crippen molar-refractivity contribution in [2.45, 2.75) is 32.2 Å². The molecule has 1 aromatic rings. The lowest BCUT2D eigenvalue weighted by Gasteiger charge is -2.12. The van der Waals surface area contributed by atoms with Crippen LogP contribution in [0.3, 0.4) is 0 Å². The van der Waals surface area contributed by atoms with Gasteiger partial charge in [-0.15, -0.1) is 0 Å². The van der Waals surface area contributed by atoms with Crippen LogP contribution in [0.2, 0.25) is 0 Å². The van der Waals surface area contributed by atoms with Gasteiger partial charge in [-0.3, -0.25) is 4.79 Å². The first-order valence-electron chi connectivity index (χ1n) is 6.43. The predicted octanol–water partition coefficient (Wildman–Crippen LogP) is 1.77. The van der Waals surface area contributed by atoms with Crippen LogP contribution in [0.5, 0.6) is 0 Å². The Morgan fingerprint density at radius 3 is 2.89 bits per heavy atom. The molecule has 0 aromatic heterocycles. The summed E-state index contributed by atoms with van der Waals surface area (Å²) in [6.45, 7) is 2.77. The molecule has 1 fully saturated rings. The molecule has 19 heavy (non-hydrogen) atoms. The van der Waals surface area contributed by atoms with Gasteiger partial charge in [-0.2, -0.15) is 0 Å². The van der Waals surface area contributed by atoms with Crippen molar-refractivity contribution in [3.63, 3.8) is 0 Å². The maximum absolute atomic E-state index is 11.9. The highest BCUT2D eigenvalue weighted by Gasteiger charge is 2.19. The smallest absolute Gasteiger partial charge is 0.337 e. The van der Waals surface area contributed by atoms with Crippen LogP contribution < -0.4 is 10.6 Å². The normalized spacial score (nSPS) is 18.3. The van der Waals surface area contributed by atoms with Gasteiger partial charge < -0.3 is 15.7 Å². The number of anilines is 1. The Hall–Kier alpha value is -1.88. The summed E-state index contributed by atoms with van der Waals surface area (Å²) in [4.78, 5) is 23.0. The van der Waals surface area contributed by atoms with Crippen molar-refractivity contribution < 1.29 is 14.7 Å². The number of carboxylic acids is 1. The third-order valence-electron chi connectivity index (χ3n) is 3.27. The third-order valence-corrected chi connectivity index (χ3v) is 3.27. The van der Waals surface area contributed by atoms with Crippen LogP contribution in [0.4, 0.5) is 5.69 Å². The van der Waals surface area contributed by atoms with Gasteiger partial charge in [0.25, 0.3) is 0 Å². The molecule has 1 atom stereocenters. The molecular weight excluding hydrogens is 244 g/mol. The van der Waals surface area contributed by atoms with Crippen LogP contribution in [0, 0.1) is 6.92 Å². The van der Waals surface area contributed by atoms with Crippen LogP contribution in [-0.2, 0) is 4.79 Å². The molecule has 1 aromatic carbocycles. The molecule has 1 aliphatic rings. The fourth-order valence-corrected chi connectivity index (χ4v) is 2.30. The minimum atomic E-state index is -1.03. The van der Waals surface area contributed by atoms with Gasteiger partial charge in [0.1, 0.15) is 0 Å². The van der Waals surface area contributed by atoms with Crippen molar-refractivity contribution >= 4 is 17.6 Å². The topological polar surface area (TPSA) is 78.4 Å². The highest BCUT2D eigenvalue weighted by molar-refractivity contribution is 6.00. The van der Waals surface area contributed by atoms with Gasteiger partial charge in [-0.1, -0.05) is 11.6 Å². The average Bonchev–Trinajstić information content (AvgIpc) is 2.83. The monoisotopic (exact) mass is 262 g/mol. The lowest BCUT2D eigenvalue weighted by molar-refractivity contribution is -0.116. The number of aromatic carboxylic acids is 1. The summed E-state index contributed by atoms with van der Waals surface area (Å²) in [5.41, 5.74) is 1.35. The van der Waals surface area contributed by atoms with Crippen molar-refractivity contribution in [2.75, 3.05) is 11.9 Å². The standard InChI is InChI=1S/C14H18N2O3/c1-9-4-5-12(11(7-9)14(18)19)16-13(17)8-10-3-2-6-15-10/h4-5,7,10,15H,2-3,6,8H2,1H3,(H,16,17)(H,18,19). The summed E-state index contributed by atoms with van der Waals surface area (Å²) in [5, 5.41) is 15.1. The molecule has 1 amide bonds. The van der Waals surface area contributed by atoms with Gasteiger partial charge >= 0.3 is 5.97 Å². The minimum Gasteiger partial charge on any atom is -0.478 e. The van der Waals surface area contributed by atoms with Crippen LogP contribution in [0.1, 0.15) is 35.2 Å². The molecule has 0 aliphatic carbocycles. The van der Waals surface area contributed by atoms with Gasteiger partial charge in [0.2, 0.25) is 5.91 Å². The van der Waals surface area contributed by atoms with E-state index < -0.39 is 5.97 Å². The van der Waals surface area contributed by atoms with Crippen molar-refractivity contribution in [3.05, 3.63) is 29.3 Å². The van der Waals surface area contributed by atoms with Gasteiger partial charge in [0, 0.05) is 12.5 Å². The van der Waals surface area contributed by atoms with E-state index in [1.807, 2.05) is 6.92 Å². The molecular formula is C14H18N2O3. The zero-order valence-corrected chi connectivity index (χ0v) is 10.9. The number of benzene rings is 1. The predicted molar refractivity (Wildman–Crippen MR) is 72.4 cm³/mol. The maximum Gasteiger partial charge on any atom is 0.337 e. The molecule has 102 valence electrons. The Bertz CT molecular complexity index is 493. The summed E-state index contributed by atoms with van der Waals surface area (Å²) >= 11 is 0. The minimum absolute atomic E-state index is 0.132. The Morgan fingerprint density at radius 2 is 2.26 bits per heavy atom. The van der Waals surface area contributed by atoms with Crippen molar-refractivity contribution in [2.24, 2.45) is 0 Å².